The Balaban J connectivity index is 2.02. The first-order valence-electron chi connectivity index (χ1n) is 12.6. The molecular weight excluding hydrogens is 504 g/mol. The van der Waals surface area contributed by atoms with E-state index in [4.69, 9.17) is 23.4 Å². The Hall–Kier alpha value is -3.17. The van der Waals surface area contributed by atoms with Crippen LogP contribution in [0.25, 0.3) is 0 Å². The number of methoxy groups -OCH3 is 3. The van der Waals surface area contributed by atoms with Crippen molar-refractivity contribution in [2.75, 3.05) is 27.9 Å². The lowest BCUT2D eigenvalue weighted by molar-refractivity contribution is -0.141. The Kier molecular flexibility index (Phi) is 7.46. The molecule has 0 N–H and O–H groups in total. The molecule has 2 aromatic carbocycles. The molecular formula is C29H36O8Si. The van der Waals surface area contributed by atoms with Gasteiger partial charge in [0.05, 0.1) is 40.0 Å². The molecule has 4 rings (SSSR count). The number of benzene rings is 2. The van der Waals surface area contributed by atoms with Crippen molar-refractivity contribution in [1.82, 2.24) is 0 Å². The number of ether oxygens (including phenoxy) is 4. The molecule has 2 aliphatic rings. The van der Waals surface area contributed by atoms with Gasteiger partial charge in [0.25, 0.3) is 0 Å². The van der Waals surface area contributed by atoms with Crippen molar-refractivity contribution in [3.8, 4) is 17.2 Å². The monoisotopic (exact) mass is 540 g/mol. The van der Waals surface area contributed by atoms with Crippen molar-refractivity contribution < 1.29 is 37.8 Å². The number of cyclic esters (lactones) is 1. The zero-order valence-corrected chi connectivity index (χ0v) is 24.2. The van der Waals surface area contributed by atoms with Crippen LogP contribution in [0.4, 0.5) is 0 Å². The molecule has 204 valence electrons. The maximum atomic E-state index is 13.3. The fourth-order valence-corrected chi connectivity index (χ4v) is 6.63. The Bertz CT molecular complexity index is 1240. The van der Waals surface area contributed by atoms with Gasteiger partial charge in [-0.05, 0) is 59.1 Å². The average molecular weight is 541 g/mol. The van der Waals surface area contributed by atoms with Crippen LogP contribution < -0.4 is 14.2 Å². The van der Waals surface area contributed by atoms with Crippen LogP contribution in [0.2, 0.25) is 18.1 Å². The summed E-state index contributed by atoms with van der Waals surface area (Å²) in [4.78, 5) is 37.3. The first-order valence-corrected chi connectivity index (χ1v) is 15.6. The van der Waals surface area contributed by atoms with Crippen LogP contribution >= 0.6 is 0 Å². The SMILES string of the molecule is COc1cc([C@@H]2c3cc(C=O)c(C=O)cc3[C@H](O[Si](C)(C)C(C)(C)C)[C@H]3COC(=O)[C@H]23)cc(OC)c1OC. The summed E-state index contributed by atoms with van der Waals surface area (Å²) in [5.74, 6) is -0.328. The number of carbonyl (C=O) groups is 3. The van der Waals surface area contributed by atoms with Gasteiger partial charge in [0.2, 0.25) is 5.75 Å². The topological polar surface area (TPSA) is 97.4 Å². The molecule has 4 atom stereocenters. The number of hydrogen-bond acceptors (Lipinski definition) is 8. The predicted octanol–water partition coefficient (Wildman–Crippen LogP) is 5.34. The minimum absolute atomic E-state index is 0.0874. The fraction of sp³-hybridized carbons (Fsp3) is 0.483. The van der Waals surface area contributed by atoms with Crippen molar-refractivity contribution in [3.05, 3.63) is 52.1 Å². The maximum absolute atomic E-state index is 13.3. The molecule has 1 aliphatic heterocycles. The van der Waals surface area contributed by atoms with E-state index in [9.17, 15) is 14.4 Å². The molecule has 0 amide bonds. The van der Waals surface area contributed by atoms with Gasteiger partial charge in [-0.15, -0.1) is 0 Å². The molecule has 0 spiro atoms. The van der Waals surface area contributed by atoms with Gasteiger partial charge in [-0.2, -0.15) is 0 Å². The van der Waals surface area contributed by atoms with Crippen molar-refractivity contribution in [2.24, 2.45) is 11.8 Å². The van der Waals surface area contributed by atoms with E-state index in [1.54, 1.807) is 12.1 Å². The van der Waals surface area contributed by atoms with Crippen molar-refractivity contribution >= 4 is 26.9 Å². The molecule has 1 saturated heterocycles. The third-order valence-corrected chi connectivity index (χ3v) is 12.8. The molecule has 0 bridgehead atoms. The van der Waals surface area contributed by atoms with Gasteiger partial charge in [-0.25, -0.2) is 0 Å². The minimum Gasteiger partial charge on any atom is -0.493 e. The third-order valence-electron chi connectivity index (χ3n) is 8.36. The molecule has 2 aromatic rings. The highest BCUT2D eigenvalue weighted by Gasteiger charge is 2.54. The Morgan fingerprint density at radius 1 is 0.895 bits per heavy atom. The second kappa shape index (κ2) is 10.2. The highest BCUT2D eigenvalue weighted by atomic mass is 28.4. The van der Waals surface area contributed by atoms with Crippen molar-refractivity contribution in [1.29, 1.82) is 0 Å². The van der Waals surface area contributed by atoms with Crippen LogP contribution in [0, 0.1) is 11.8 Å². The number of aldehydes is 2. The molecule has 38 heavy (non-hydrogen) atoms. The van der Waals surface area contributed by atoms with Crippen LogP contribution in [0.3, 0.4) is 0 Å². The average Bonchev–Trinajstić information content (AvgIpc) is 3.27. The molecule has 8 nitrogen and oxygen atoms in total. The molecule has 0 aromatic heterocycles. The lowest BCUT2D eigenvalue weighted by Crippen LogP contribution is -2.46. The van der Waals surface area contributed by atoms with E-state index in [0.717, 1.165) is 16.7 Å². The Morgan fingerprint density at radius 3 is 1.92 bits per heavy atom. The third kappa shape index (κ3) is 4.51. The predicted molar refractivity (Wildman–Crippen MR) is 144 cm³/mol. The number of carbonyl (C=O) groups excluding carboxylic acids is 3. The second-order valence-corrected chi connectivity index (χ2v) is 16.2. The molecule has 0 unspecified atom stereocenters. The van der Waals surface area contributed by atoms with Gasteiger partial charge in [0.1, 0.15) is 0 Å². The standard InChI is InChI=1S/C29H36O8Si/c1-29(2,3)38(7,8)37-26-20-10-18(14-31)17(13-30)9-19(20)24(25-21(26)15-36-28(25)32)16-11-22(33-4)27(35-6)23(12-16)34-5/h9-14,21,24-26H,15H2,1-8H3/t21-,24+,25-,26-/m0/s1. The zero-order valence-electron chi connectivity index (χ0n) is 23.2. The van der Waals surface area contributed by atoms with Gasteiger partial charge >= 0.3 is 5.97 Å². The van der Waals surface area contributed by atoms with Gasteiger partial charge in [-0.3, -0.25) is 14.4 Å². The summed E-state index contributed by atoms with van der Waals surface area (Å²) in [6.45, 7) is 11.0. The summed E-state index contributed by atoms with van der Waals surface area (Å²) in [6, 6.07) is 7.10. The van der Waals surface area contributed by atoms with Gasteiger partial charge < -0.3 is 23.4 Å². The van der Waals surface area contributed by atoms with E-state index < -0.39 is 26.3 Å². The largest absolute Gasteiger partial charge is 0.493 e. The Morgan fingerprint density at radius 2 is 1.45 bits per heavy atom. The molecule has 0 radical (unpaired) electrons. The smallest absolute Gasteiger partial charge is 0.310 e. The lowest BCUT2D eigenvalue weighted by atomic mass is 9.65. The summed E-state index contributed by atoms with van der Waals surface area (Å²) in [5.41, 5.74) is 2.83. The van der Waals surface area contributed by atoms with E-state index in [-0.39, 0.29) is 34.7 Å². The molecule has 1 aliphatic carbocycles. The number of hydrogen-bond donors (Lipinski definition) is 0. The van der Waals surface area contributed by atoms with Crippen LogP contribution in [-0.4, -0.2) is 54.8 Å². The first-order chi connectivity index (χ1) is 17.9. The first kappa shape index (κ1) is 27.9. The van der Waals surface area contributed by atoms with Crippen molar-refractivity contribution in [2.45, 2.75) is 50.9 Å². The van der Waals surface area contributed by atoms with E-state index in [2.05, 4.69) is 33.9 Å². The van der Waals surface area contributed by atoms with Gasteiger partial charge in [0, 0.05) is 23.0 Å². The lowest BCUT2D eigenvalue weighted by Gasteiger charge is -2.45. The summed E-state index contributed by atoms with van der Waals surface area (Å²) in [7, 11) is 2.28. The molecule has 1 fully saturated rings. The van der Waals surface area contributed by atoms with E-state index in [1.165, 1.54) is 21.3 Å². The van der Waals surface area contributed by atoms with Crippen LogP contribution in [0.5, 0.6) is 17.2 Å². The highest BCUT2D eigenvalue weighted by Crippen LogP contribution is 2.56. The van der Waals surface area contributed by atoms with Crippen molar-refractivity contribution in [3.63, 3.8) is 0 Å². The highest BCUT2D eigenvalue weighted by molar-refractivity contribution is 6.74. The minimum atomic E-state index is -2.32. The maximum Gasteiger partial charge on any atom is 0.310 e. The number of rotatable bonds is 8. The number of esters is 1. The van der Waals surface area contributed by atoms with Crippen LogP contribution in [-0.2, 0) is 14.0 Å². The Labute approximate surface area is 224 Å². The fourth-order valence-electron chi connectivity index (χ4n) is 5.34. The van der Waals surface area contributed by atoms with Crippen LogP contribution in [0.1, 0.15) is 70.2 Å². The second-order valence-electron chi connectivity index (χ2n) is 11.4. The molecule has 0 saturated carbocycles. The molecule has 1 heterocycles. The summed E-state index contributed by atoms with van der Waals surface area (Å²) < 4.78 is 29.3. The molecule has 9 heteroatoms. The van der Waals surface area contributed by atoms with E-state index in [0.29, 0.717) is 29.8 Å². The number of fused-ring (bicyclic) bond motifs is 2. The van der Waals surface area contributed by atoms with Gasteiger partial charge in [-0.1, -0.05) is 20.8 Å². The zero-order chi connectivity index (χ0) is 28.0. The normalized spacial score (nSPS) is 22.7. The summed E-state index contributed by atoms with van der Waals surface area (Å²) in [5, 5.41) is -0.0874. The van der Waals surface area contributed by atoms with E-state index >= 15 is 0 Å². The van der Waals surface area contributed by atoms with Gasteiger partial charge in [0.15, 0.2) is 32.4 Å². The summed E-state index contributed by atoms with van der Waals surface area (Å²) in [6.07, 6.45) is 0.878. The van der Waals surface area contributed by atoms with E-state index in [1.807, 2.05) is 12.1 Å². The summed E-state index contributed by atoms with van der Waals surface area (Å²) >= 11 is 0. The van der Waals surface area contributed by atoms with Crippen LogP contribution in [0.15, 0.2) is 24.3 Å². The quantitative estimate of drug-likeness (QED) is 0.252.